The van der Waals surface area contributed by atoms with Crippen LogP contribution in [-0.4, -0.2) is 16.3 Å². The number of aromatic nitrogens is 2. The van der Waals surface area contributed by atoms with Crippen molar-refractivity contribution in [1.29, 1.82) is 0 Å². The summed E-state index contributed by atoms with van der Waals surface area (Å²) in [6.45, 7) is 8.19. The summed E-state index contributed by atoms with van der Waals surface area (Å²) in [4.78, 5) is 0. The molecule has 0 aliphatic heterocycles. The predicted octanol–water partition coefficient (Wildman–Crippen LogP) is 3.67. The first kappa shape index (κ1) is 14.9. The highest BCUT2D eigenvalue weighted by atomic mass is 16.5. The Kier molecular flexibility index (Phi) is 5.41. The van der Waals surface area contributed by atoms with E-state index >= 15 is 0 Å². The Hall–Kier alpha value is -1.55. The van der Waals surface area contributed by atoms with Gasteiger partial charge in [-0.1, -0.05) is 25.4 Å². The summed E-state index contributed by atoms with van der Waals surface area (Å²) in [7, 11) is 0. The molecule has 0 aliphatic carbocycles. The van der Waals surface area contributed by atoms with E-state index in [1.54, 1.807) is 0 Å². The Morgan fingerprint density at radius 3 is 2.85 bits per heavy atom. The van der Waals surface area contributed by atoms with Crippen molar-refractivity contribution in [1.82, 2.24) is 15.0 Å². The van der Waals surface area contributed by atoms with Gasteiger partial charge in [-0.2, -0.15) is 0 Å². The van der Waals surface area contributed by atoms with E-state index in [0.717, 1.165) is 24.5 Å². The number of hydrogen-bond donors (Lipinski definition) is 1. The van der Waals surface area contributed by atoms with Gasteiger partial charge in [0.15, 0.2) is 0 Å². The van der Waals surface area contributed by atoms with Crippen LogP contribution in [0.4, 0.5) is 0 Å². The topological polar surface area (TPSA) is 43.0 Å². The van der Waals surface area contributed by atoms with Crippen LogP contribution in [0, 0.1) is 6.92 Å². The van der Waals surface area contributed by atoms with Crippen molar-refractivity contribution >= 4 is 0 Å². The predicted molar refractivity (Wildman–Crippen MR) is 80.7 cm³/mol. The van der Waals surface area contributed by atoms with E-state index < -0.39 is 0 Å². The van der Waals surface area contributed by atoms with Crippen LogP contribution in [0.5, 0.6) is 0 Å². The monoisotopic (exact) mass is 275 g/mol. The van der Waals surface area contributed by atoms with E-state index in [2.05, 4.69) is 47.3 Å². The van der Waals surface area contributed by atoms with Gasteiger partial charge in [0.05, 0.1) is 6.54 Å². The lowest BCUT2D eigenvalue weighted by Crippen LogP contribution is -2.21. The molecule has 2 aromatic heterocycles. The minimum Gasteiger partial charge on any atom is -0.361 e. The molecule has 2 heterocycles. The standard InChI is InChI=1S/C16H25N3O/c1-4-6-16(17-8-5-2)14-7-9-19(11-14)12-15-10-13(3)20-18-15/h7,9-11,16-17H,4-6,8,12H2,1-3H3. The van der Waals surface area contributed by atoms with Crippen LogP contribution in [-0.2, 0) is 6.54 Å². The highest BCUT2D eigenvalue weighted by Gasteiger charge is 2.11. The van der Waals surface area contributed by atoms with Crippen LogP contribution >= 0.6 is 0 Å². The summed E-state index contributed by atoms with van der Waals surface area (Å²) in [5.41, 5.74) is 2.33. The highest BCUT2D eigenvalue weighted by molar-refractivity contribution is 5.17. The first-order valence-electron chi connectivity index (χ1n) is 7.54. The average molecular weight is 275 g/mol. The van der Waals surface area contributed by atoms with Gasteiger partial charge in [-0.3, -0.25) is 0 Å². The second-order valence-corrected chi connectivity index (χ2v) is 5.34. The van der Waals surface area contributed by atoms with Crippen LogP contribution in [0.2, 0.25) is 0 Å². The Labute approximate surface area is 121 Å². The van der Waals surface area contributed by atoms with Crippen molar-refractivity contribution < 1.29 is 4.52 Å². The van der Waals surface area contributed by atoms with Gasteiger partial charge in [-0.25, -0.2) is 0 Å². The zero-order chi connectivity index (χ0) is 14.4. The molecular formula is C16H25N3O. The number of rotatable bonds is 8. The number of nitrogens with one attached hydrogen (secondary N) is 1. The number of hydrogen-bond acceptors (Lipinski definition) is 3. The fourth-order valence-corrected chi connectivity index (χ4v) is 2.44. The van der Waals surface area contributed by atoms with Crippen molar-refractivity contribution in [2.45, 2.75) is 52.6 Å². The van der Waals surface area contributed by atoms with Crippen molar-refractivity contribution in [3.8, 4) is 0 Å². The largest absolute Gasteiger partial charge is 0.361 e. The van der Waals surface area contributed by atoms with Crippen LogP contribution in [0.3, 0.4) is 0 Å². The molecule has 2 aromatic rings. The quantitative estimate of drug-likeness (QED) is 0.799. The van der Waals surface area contributed by atoms with Gasteiger partial charge >= 0.3 is 0 Å². The first-order valence-corrected chi connectivity index (χ1v) is 7.54. The van der Waals surface area contributed by atoms with E-state index in [9.17, 15) is 0 Å². The Morgan fingerprint density at radius 2 is 2.20 bits per heavy atom. The van der Waals surface area contributed by atoms with Crippen LogP contribution in [0.15, 0.2) is 29.0 Å². The maximum Gasteiger partial charge on any atom is 0.133 e. The molecule has 110 valence electrons. The SMILES string of the molecule is CCCNC(CCC)c1ccn(Cc2cc(C)on2)c1. The van der Waals surface area contributed by atoms with Gasteiger partial charge < -0.3 is 14.4 Å². The molecule has 0 bridgehead atoms. The van der Waals surface area contributed by atoms with Crippen LogP contribution in [0.25, 0.3) is 0 Å². The second kappa shape index (κ2) is 7.29. The Bertz CT molecular complexity index is 515. The lowest BCUT2D eigenvalue weighted by molar-refractivity contribution is 0.389. The fraction of sp³-hybridized carbons (Fsp3) is 0.562. The van der Waals surface area contributed by atoms with E-state index in [-0.39, 0.29) is 0 Å². The van der Waals surface area contributed by atoms with Gasteiger partial charge in [-0.15, -0.1) is 0 Å². The molecule has 20 heavy (non-hydrogen) atoms. The smallest absolute Gasteiger partial charge is 0.133 e. The lowest BCUT2D eigenvalue weighted by Gasteiger charge is -2.16. The van der Waals surface area contributed by atoms with E-state index in [1.807, 2.05) is 13.0 Å². The molecule has 4 nitrogen and oxygen atoms in total. The minimum absolute atomic E-state index is 0.459. The highest BCUT2D eigenvalue weighted by Crippen LogP contribution is 2.19. The zero-order valence-electron chi connectivity index (χ0n) is 12.7. The molecule has 1 unspecified atom stereocenters. The molecule has 0 aromatic carbocycles. The molecule has 0 radical (unpaired) electrons. The van der Waals surface area contributed by atoms with Crippen LogP contribution in [0.1, 0.15) is 56.2 Å². The third-order valence-corrected chi connectivity index (χ3v) is 3.42. The Balaban J connectivity index is 2.02. The molecular weight excluding hydrogens is 250 g/mol. The minimum atomic E-state index is 0.459. The van der Waals surface area contributed by atoms with E-state index in [4.69, 9.17) is 4.52 Å². The molecule has 1 atom stereocenters. The molecule has 4 heteroatoms. The molecule has 1 N–H and O–H groups in total. The van der Waals surface area contributed by atoms with Crippen molar-refractivity contribution in [3.63, 3.8) is 0 Å². The Morgan fingerprint density at radius 1 is 1.35 bits per heavy atom. The zero-order valence-corrected chi connectivity index (χ0v) is 12.7. The normalized spacial score (nSPS) is 12.8. The van der Waals surface area contributed by atoms with Crippen molar-refractivity contribution in [2.75, 3.05) is 6.54 Å². The average Bonchev–Trinajstić information content (AvgIpc) is 3.04. The summed E-state index contributed by atoms with van der Waals surface area (Å²) in [5, 5.41) is 7.66. The second-order valence-electron chi connectivity index (χ2n) is 5.34. The molecule has 0 saturated heterocycles. The first-order chi connectivity index (χ1) is 9.72. The maximum atomic E-state index is 5.11. The molecule has 2 rings (SSSR count). The summed E-state index contributed by atoms with van der Waals surface area (Å²) in [5.74, 6) is 0.862. The van der Waals surface area contributed by atoms with Gasteiger partial charge in [0.1, 0.15) is 11.5 Å². The van der Waals surface area contributed by atoms with Crippen molar-refractivity contribution in [2.24, 2.45) is 0 Å². The van der Waals surface area contributed by atoms with E-state index in [1.165, 1.54) is 24.8 Å². The molecule has 0 saturated carbocycles. The summed E-state index contributed by atoms with van der Waals surface area (Å²) >= 11 is 0. The summed E-state index contributed by atoms with van der Waals surface area (Å²) < 4.78 is 7.28. The molecule has 0 spiro atoms. The number of nitrogens with zero attached hydrogens (tertiary/aromatic N) is 2. The number of aryl methyl sites for hydroxylation is 1. The van der Waals surface area contributed by atoms with Crippen molar-refractivity contribution in [3.05, 3.63) is 41.5 Å². The van der Waals surface area contributed by atoms with Gasteiger partial charge in [0, 0.05) is 24.5 Å². The summed E-state index contributed by atoms with van der Waals surface area (Å²) in [6.07, 6.45) is 7.86. The molecule has 0 aliphatic rings. The third kappa shape index (κ3) is 3.97. The van der Waals surface area contributed by atoms with Gasteiger partial charge in [0.25, 0.3) is 0 Å². The van der Waals surface area contributed by atoms with Gasteiger partial charge in [0.2, 0.25) is 0 Å². The molecule has 0 fully saturated rings. The summed E-state index contributed by atoms with van der Waals surface area (Å²) in [6, 6.07) is 4.65. The molecule has 0 amide bonds. The third-order valence-electron chi connectivity index (χ3n) is 3.42. The van der Waals surface area contributed by atoms with E-state index in [0.29, 0.717) is 6.04 Å². The fourth-order valence-electron chi connectivity index (χ4n) is 2.44. The van der Waals surface area contributed by atoms with Gasteiger partial charge in [-0.05, 0) is 37.9 Å². The van der Waals surface area contributed by atoms with Crippen LogP contribution < -0.4 is 5.32 Å². The maximum absolute atomic E-state index is 5.11. The lowest BCUT2D eigenvalue weighted by atomic mass is 10.1.